The minimum Gasteiger partial charge on any atom is -0.505 e. The molecule has 3 saturated carbocycles. The molecule has 5 heteroatoms. The third-order valence-corrected chi connectivity index (χ3v) is 5.33. The molecule has 1 unspecified atom stereocenters. The minimum atomic E-state index is -1.18. The molecule has 3 aliphatic rings. The van der Waals surface area contributed by atoms with Crippen LogP contribution in [0.1, 0.15) is 29.6 Å². The summed E-state index contributed by atoms with van der Waals surface area (Å²) in [7, 11) is 0. The van der Waals surface area contributed by atoms with E-state index in [1.807, 2.05) is 0 Å². The van der Waals surface area contributed by atoms with E-state index in [1.54, 1.807) is 0 Å². The molecule has 3 fully saturated rings. The molecule has 0 aromatic heterocycles. The van der Waals surface area contributed by atoms with Crippen LogP contribution < -0.4 is 5.32 Å². The first-order valence-electron chi connectivity index (χ1n) is 7.05. The molecule has 2 N–H and O–H groups in total. The van der Waals surface area contributed by atoms with Crippen molar-refractivity contribution in [3.05, 3.63) is 29.3 Å². The van der Waals surface area contributed by atoms with Crippen molar-refractivity contribution >= 4 is 5.91 Å². The number of benzene rings is 1. The van der Waals surface area contributed by atoms with Gasteiger partial charge in [0.2, 0.25) is 0 Å². The Kier molecular flexibility index (Phi) is 2.38. The second-order valence-electron chi connectivity index (χ2n) is 6.24. The van der Waals surface area contributed by atoms with Gasteiger partial charge in [-0.2, -0.15) is 0 Å². The van der Waals surface area contributed by atoms with Gasteiger partial charge >= 0.3 is 0 Å². The maximum absolute atomic E-state index is 13.7. The summed E-state index contributed by atoms with van der Waals surface area (Å²) in [4.78, 5) is 12.1. The van der Waals surface area contributed by atoms with Crippen molar-refractivity contribution in [3.8, 4) is 5.75 Å². The number of hydrogen-bond donors (Lipinski definition) is 2. The predicted octanol–water partition coefficient (Wildman–Crippen LogP) is 2.44. The third-order valence-electron chi connectivity index (χ3n) is 5.33. The fourth-order valence-electron chi connectivity index (χ4n) is 4.49. The van der Waals surface area contributed by atoms with Crippen molar-refractivity contribution < 1.29 is 18.7 Å². The number of phenols is 1. The van der Waals surface area contributed by atoms with Crippen LogP contribution in [-0.2, 0) is 0 Å². The molecule has 4 rings (SSSR count). The van der Waals surface area contributed by atoms with Gasteiger partial charge in [0.15, 0.2) is 11.6 Å². The summed E-state index contributed by atoms with van der Waals surface area (Å²) in [5.74, 6) is -1.23. The van der Waals surface area contributed by atoms with Gasteiger partial charge in [0.05, 0.1) is 0 Å². The van der Waals surface area contributed by atoms with E-state index in [0.717, 1.165) is 12.1 Å². The molecule has 0 saturated heterocycles. The normalized spacial score (nSPS) is 36.8. The number of carbonyl (C=O) groups is 1. The minimum absolute atomic E-state index is 0.0647. The van der Waals surface area contributed by atoms with E-state index in [2.05, 4.69) is 5.32 Å². The number of halogens is 2. The average Bonchev–Trinajstić information content (AvgIpc) is 2.82. The zero-order valence-electron chi connectivity index (χ0n) is 10.8. The maximum atomic E-state index is 13.7. The standard InChI is InChI=1S/C15H15F2NO2/c16-8-3-4-9(19)13(17)12(8)15(20)18-14-10-6-1-2-7(5-6)11(10)14/h3-4,6-7,10-11,14,19H,1-2,5H2,(H,18,20)/t6-,7-,10-,11+,14?/m0/s1. The van der Waals surface area contributed by atoms with Crippen LogP contribution in [-0.4, -0.2) is 17.1 Å². The van der Waals surface area contributed by atoms with Gasteiger partial charge in [-0.3, -0.25) is 4.79 Å². The summed E-state index contributed by atoms with van der Waals surface area (Å²) in [5.41, 5.74) is -0.678. The first-order chi connectivity index (χ1) is 9.58. The first kappa shape index (κ1) is 12.1. The smallest absolute Gasteiger partial charge is 0.257 e. The Balaban J connectivity index is 1.54. The monoisotopic (exact) mass is 279 g/mol. The molecule has 2 bridgehead atoms. The van der Waals surface area contributed by atoms with E-state index in [4.69, 9.17) is 0 Å². The van der Waals surface area contributed by atoms with Crippen LogP contribution in [0.3, 0.4) is 0 Å². The highest BCUT2D eigenvalue weighted by Gasteiger charge is 2.65. The highest BCUT2D eigenvalue weighted by Crippen LogP contribution is 2.65. The molecular formula is C15H15F2NO2. The SMILES string of the molecule is O=C(NC1[C@@H]2[C@H]3CC[C@@H](C3)[C@H]12)c1c(F)ccc(O)c1F. The van der Waals surface area contributed by atoms with E-state index in [9.17, 15) is 18.7 Å². The average molecular weight is 279 g/mol. The number of fused-ring (bicyclic) bond motifs is 5. The number of hydrogen-bond acceptors (Lipinski definition) is 2. The largest absolute Gasteiger partial charge is 0.505 e. The first-order valence-corrected chi connectivity index (χ1v) is 7.05. The van der Waals surface area contributed by atoms with Crippen molar-refractivity contribution in [2.24, 2.45) is 23.7 Å². The Bertz CT molecular complexity index is 588. The molecule has 0 aliphatic heterocycles. The summed E-state index contributed by atoms with van der Waals surface area (Å²) >= 11 is 0. The van der Waals surface area contributed by atoms with Gasteiger partial charge < -0.3 is 10.4 Å². The van der Waals surface area contributed by atoms with Crippen LogP contribution in [0.15, 0.2) is 12.1 Å². The fourth-order valence-corrected chi connectivity index (χ4v) is 4.49. The molecule has 1 amide bonds. The van der Waals surface area contributed by atoms with Gasteiger partial charge in [-0.1, -0.05) is 0 Å². The second kappa shape index (κ2) is 3.93. The Morgan fingerprint density at radius 1 is 1.20 bits per heavy atom. The Hall–Kier alpha value is -1.65. The van der Waals surface area contributed by atoms with Crippen LogP contribution in [0.25, 0.3) is 0 Å². The molecule has 0 heterocycles. The maximum Gasteiger partial charge on any atom is 0.257 e. The van der Waals surface area contributed by atoms with Crippen molar-refractivity contribution in [3.63, 3.8) is 0 Å². The van der Waals surface area contributed by atoms with Gasteiger partial charge in [0.1, 0.15) is 11.4 Å². The summed E-state index contributed by atoms with van der Waals surface area (Å²) in [6.07, 6.45) is 3.68. The molecular weight excluding hydrogens is 264 g/mol. The molecule has 5 atom stereocenters. The highest BCUT2D eigenvalue weighted by molar-refractivity contribution is 5.95. The lowest BCUT2D eigenvalue weighted by Gasteiger charge is -2.12. The zero-order valence-corrected chi connectivity index (χ0v) is 10.8. The predicted molar refractivity (Wildman–Crippen MR) is 67.1 cm³/mol. The van der Waals surface area contributed by atoms with Gasteiger partial charge in [-0.25, -0.2) is 8.78 Å². The van der Waals surface area contributed by atoms with Crippen LogP contribution in [0.5, 0.6) is 5.75 Å². The lowest BCUT2D eigenvalue weighted by molar-refractivity contribution is 0.0935. The molecule has 0 radical (unpaired) electrons. The number of amides is 1. The third kappa shape index (κ3) is 1.52. The number of rotatable bonds is 2. The van der Waals surface area contributed by atoms with Crippen molar-refractivity contribution in [1.82, 2.24) is 5.32 Å². The molecule has 3 aliphatic carbocycles. The van der Waals surface area contributed by atoms with Crippen LogP contribution in [0, 0.1) is 35.3 Å². The summed E-state index contributed by atoms with van der Waals surface area (Å²) in [6.45, 7) is 0. The molecule has 3 nitrogen and oxygen atoms in total. The van der Waals surface area contributed by atoms with Gasteiger partial charge in [-0.05, 0) is 55.1 Å². The Morgan fingerprint density at radius 2 is 1.85 bits per heavy atom. The highest BCUT2D eigenvalue weighted by atomic mass is 19.1. The van der Waals surface area contributed by atoms with Gasteiger partial charge in [0, 0.05) is 6.04 Å². The quantitative estimate of drug-likeness (QED) is 0.873. The van der Waals surface area contributed by atoms with Gasteiger partial charge in [-0.15, -0.1) is 0 Å². The van der Waals surface area contributed by atoms with Crippen molar-refractivity contribution in [1.29, 1.82) is 0 Å². The van der Waals surface area contributed by atoms with Crippen molar-refractivity contribution in [2.45, 2.75) is 25.3 Å². The number of nitrogens with one attached hydrogen (secondary N) is 1. The topological polar surface area (TPSA) is 49.3 Å². The van der Waals surface area contributed by atoms with Gasteiger partial charge in [0.25, 0.3) is 5.91 Å². The Morgan fingerprint density at radius 3 is 2.50 bits per heavy atom. The molecule has 20 heavy (non-hydrogen) atoms. The lowest BCUT2D eigenvalue weighted by atomic mass is 10.0. The van der Waals surface area contributed by atoms with E-state index in [1.165, 1.54) is 19.3 Å². The molecule has 1 aromatic carbocycles. The lowest BCUT2D eigenvalue weighted by Crippen LogP contribution is -2.31. The number of aromatic hydroxyl groups is 1. The van der Waals surface area contributed by atoms with Crippen LogP contribution >= 0.6 is 0 Å². The Labute approximate surface area is 115 Å². The van der Waals surface area contributed by atoms with E-state index >= 15 is 0 Å². The van der Waals surface area contributed by atoms with Crippen molar-refractivity contribution in [2.75, 3.05) is 0 Å². The number of phenolic OH excluding ortho intramolecular Hbond substituents is 1. The van der Waals surface area contributed by atoms with E-state index in [0.29, 0.717) is 23.7 Å². The fraction of sp³-hybridized carbons (Fsp3) is 0.533. The molecule has 0 spiro atoms. The number of carbonyl (C=O) groups excluding carboxylic acids is 1. The van der Waals surface area contributed by atoms with E-state index in [-0.39, 0.29) is 6.04 Å². The summed E-state index contributed by atoms with van der Waals surface area (Å²) < 4.78 is 27.3. The summed E-state index contributed by atoms with van der Waals surface area (Å²) in [5, 5.41) is 12.0. The molecule has 106 valence electrons. The van der Waals surface area contributed by atoms with Crippen LogP contribution in [0.4, 0.5) is 8.78 Å². The van der Waals surface area contributed by atoms with Crippen LogP contribution in [0.2, 0.25) is 0 Å². The zero-order chi connectivity index (χ0) is 14.0. The second-order valence-corrected chi connectivity index (χ2v) is 6.24. The summed E-state index contributed by atoms with van der Waals surface area (Å²) in [6, 6.07) is 1.88. The van der Waals surface area contributed by atoms with E-state index < -0.39 is 28.9 Å². The molecule has 1 aromatic rings.